The molecule has 1 heterocycles. The largest absolute Gasteiger partial charge is 0.493 e. The number of hydrogen-bond acceptors (Lipinski definition) is 8. The highest BCUT2D eigenvalue weighted by atomic mass is 19.4. The lowest BCUT2D eigenvalue weighted by Gasteiger charge is -2.39. The Labute approximate surface area is 185 Å². The number of methoxy groups -OCH3 is 1. The van der Waals surface area contributed by atoms with E-state index in [9.17, 15) is 38.4 Å². The number of rotatable bonds is 6. The van der Waals surface area contributed by atoms with E-state index in [4.69, 9.17) is 14.2 Å². The minimum atomic E-state index is -4.71. The molecule has 1 fully saturated rings. The number of aliphatic hydroxyl groups excluding tert-OH is 4. The maximum atomic E-state index is 13.2. The van der Waals surface area contributed by atoms with E-state index in [1.54, 1.807) is 0 Å². The summed E-state index contributed by atoms with van der Waals surface area (Å²) < 4.78 is 55.5. The van der Waals surface area contributed by atoms with Crippen LogP contribution in [0.5, 0.6) is 11.5 Å². The first-order chi connectivity index (χ1) is 15.6. The van der Waals surface area contributed by atoms with Crippen molar-refractivity contribution in [3.63, 3.8) is 0 Å². The average molecular weight is 473 g/mol. The molecule has 5 atom stereocenters. The zero-order valence-corrected chi connectivity index (χ0v) is 17.2. The van der Waals surface area contributed by atoms with Gasteiger partial charge in [0.25, 0.3) is 5.91 Å². The highest BCUT2D eigenvalue weighted by Gasteiger charge is 2.45. The Kier molecular flexibility index (Phi) is 7.44. The molecule has 1 amide bonds. The molecule has 9 nitrogen and oxygen atoms in total. The number of carbonyl (C=O) groups excluding carboxylic acids is 1. The zero-order chi connectivity index (χ0) is 24.3. The van der Waals surface area contributed by atoms with Crippen molar-refractivity contribution < 1.29 is 52.6 Å². The maximum absolute atomic E-state index is 13.2. The van der Waals surface area contributed by atoms with E-state index >= 15 is 0 Å². The second kappa shape index (κ2) is 9.93. The van der Waals surface area contributed by atoms with Gasteiger partial charge in [0, 0.05) is 11.8 Å². The molecular weight excluding hydrogens is 451 g/mol. The average Bonchev–Trinajstić information content (AvgIpc) is 2.79. The Hall–Kier alpha value is -2.90. The molecule has 1 saturated heterocycles. The topological polar surface area (TPSA) is 138 Å². The van der Waals surface area contributed by atoms with Crippen LogP contribution >= 0.6 is 0 Å². The van der Waals surface area contributed by atoms with Gasteiger partial charge in [-0.05, 0) is 24.3 Å². The minimum Gasteiger partial charge on any atom is -0.493 e. The fraction of sp³-hybridized carbons (Fsp3) is 0.381. The summed E-state index contributed by atoms with van der Waals surface area (Å²) in [6.07, 6.45) is -12.3. The molecule has 0 radical (unpaired) electrons. The third kappa shape index (κ3) is 5.37. The molecule has 180 valence electrons. The Morgan fingerprint density at radius 1 is 1.06 bits per heavy atom. The molecule has 3 rings (SSSR count). The molecule has 0 unspecified atom stereocenters. The molecule has 1 aliphatic heterocycles. The van der Waals surface area contributed by atoms with Crippen LogP contribution in [0.4, 0.5) is 18.9 Å². The highest BCUT2D eigenvalue weighted by molar-refractivity contribution is 6.05. The molecule has 12 heteroatoms. The summed E-state index contributed by atoms with van der Waals surface area (Å²) in [6.45, 7) is -0.647. The summed E-state index contributed by atoms with van der Waals surface area (Å²) in [5.41, 5.74) is -1.56. The van der Waals surface area contributed by atoms with Crippen LogP contribution in [0.1, 0.15) is 15.9 Å². The summed E-state index contributed by atoms with van der Waals surface area (Å²) in [5, 5.41) is 41.4. The van der Waals surface area contributed by atoms with Crippen LogP contribution < -0.4 is 14.8 Å². The van der Waals surface area contributed by atoms with Gasteiger partial charge in [-0.25, -0.2) is 0 Å². The predicted molar refractivity (Wildman–Crippen MR) is 107 cm³/mol. The molecule has 33 heavy (non-hydrogen) atoms. The van der Waals surface area contributed by atoms with Crippen LogP contribution in [-0.4, -0.2) is 70.8 Å². The number of halogens is 3. The van der Waals surface area contributed by atoms with Gasteiger partial charge in [-0.15, -0.1) is 0 Å². The number of benzene rings is 2. The number of alkyl halides is 3. The van der Waals surface area contributed by atoms with Crippen molar-refractivity contribution in [1.29, 1.82) is 0 Å². The summed E-state index contributed by atoms with van der Waals surface area (Å²) in [4.78, 5) is 12.5. The molecular formula is C21H22F3NO8. The van der Waals surface area contributed by atoms with Crippen LogP contribution in [0.15, 0.2) is 42.5 Å². The van der Waals surface area contributed by atoms with E-state index in [0.717, 1.165) is 12.1 Å². The van der Waals surface area contributed by atoms with Crippen molar-refractivity contribution in [3.05, 3.63) is 53.6 Å². The molecule has 5 N–H and O–H groups in total. The first-order valence-corrected chi connectivity index (χ1v) is 9.69. The molecule has 0 bridgehead atoms. The number of carbonyl (C=O) groups is 1. The summed E-state index contributed by atoms with van der Waals surface area (Å²) in [7, 11) is 1.26. The standard InChI is InChI=1S/C21H22F3NO8/c1-31-14-8-10(25-19(30)11-4-2-3-5-12(11)21(22,23)24)6-7-13(14)32-20-18(29)17(28)16(27)15(9-26)33-20/h2-8,15-18,20,26-29H,9H2,1H3,(H,25,30)/t15-,16-,17+,18-,20-/m1/s1. The molecule has 0 saturated carbocycles. The predicted octanol–water partition coefficient (Wildman–Crippen LogP) is 1.14. The first-order valence-electron chi connectivity index (χ1n) is 9.69. The Morgan fingerprint density at radius 3 is 2.39 bits per heavy atom. The van der Waals surface area contributed by atoms with Gasteiger partial charge in [0.05, 0.1) is 24.8 Å². The van der Waals surface area contributed by atoms with Crippen molar-refractivity contribution >= 4 is 11.6 Å². The van der Waals surface area contributed by atoms with Crippen LogP contribution in [0.3, 0.4) is 0 Å². The van der Waals surface area contributed by atoms with Crippen molar-refractivity contribution in [3.8, 4) is 11.5 Å². The van der Waals surface area contributed by atoms with Gasteiger partial charge < -0.3 is 40.0 Å². The normalized spacial score (nSPS) is 25.4. The van der Waals surface area contributed by atoms with E-state index in [1.165, 1.54) is 37.4 Å². The van der Waals surface area contributed by atoms with E-state index in [2.05, 4.69) is 5.32 Å². The molecule has 0 aromatic heterocycles. The van der Waals surface area contributed by atoms with Crippen molar-refractivity contribution in [2.24, 2.45) is 0 Å². The number of amides is 1. The lowest BCUT2D eigenvalue weighted by molar-refractivity contribution is -0.277. The van der Waals surface area contributed by atoms with Gasteiger partial charge >= 0.3 is 6.18 Å². The van der Waals surface area contributed by atoms with E-state index < -0.39 is 60.5 Å². The lowest BCUT2D eigenvalue weighted by atomic mass is 9.99. The molecule has 2 aromatic carbocycles. The summed E-state index contributed by atoms with van der Waals surface area (Å²) >= 11 is 0. The number of hydrogen-bond donors (Lipinski definition) is 5. The van der Waals surface area contributed by atoms with Gasteiger partial charge in [-0.1, -0.05) is 12.1 Å². The molecule has 0 aliphatic carbocycles. The Balaban J connectivity index is 1.79. The van der Waals surface area contributed by atoms with E-state index in [1.807, 2.05) is 0 Å². The SMILES string of the molecule is COc1cc(NC(=O)c2ccccc2C(F)(F)F)ccc1O[C@@H]1O[C@H](CO)[C@@H](O)[C@H](O)[C@H]1O. The van der Waals surface area contributed by atoms with Gasteiger partial charge in [0.15, 0.2) is 11.5 Å². The fourth-order valence-electron chi connectivity index (χ4n) is 3.26. The molecule has 1 aliphatic rings. The fourth-order valence-corrected chi connectivity index (χ4v) is 3.26. The van der Waals surface area contributed by atoms with Crippen LogP contribution in [0.2, 0.25) is 0 Å². The second-order valence-electron chi connectivity index (χ2n) is 7.18. The number of nitrogens with one attached hydrogen (secondary N) is 1. The quantitative estimate of drug-likeness (QED) is 0.421. The van der Waals surface area contributed by atoms with Gasteiger partial charge in [0.2, 0.25) is 6.29 Å². The van der Waals surface area contributed by atoms with E-state index in [-0.39, 0.29) is 17.2 Å². The van der Waals surface area contributed by atoms with Gasteiger partial charge in [-0.3, -0.25) is 4.79 Å². The summed E-state index contributed by atoms with van der Waals surface area (Å²) in [6, 6.07) is 8.21. The minimum absolute atomic E-state index is 0.00415. The monoisotopic (exact) mass is 473 g/mol. The zero-order valence-electron chi connectivity index (χ0n) is 17.2. The molecule has 2 aromatic rings. The maximum Gasteiger partial charge on any atom is 0.417 e. The lowest BCUT2D eigenvalue weighted by Crippen LogP contribution is -2.60. The third-order valence-corrected chi connectivity index (χ3v) is 4.99. The number of ether oxygens (including phenoxy) is 3. The number of aliphatic hydroxyl groups is 4. The first kappa shape index (κ1) is 24.7. The van der Waals surface area contributed by atoms with Crippen molar-refractivity contribution in [1.82, 2.24) is 0 Å². The second-order valence-corrected chi connectivity index (χ2v) is 7.18. The smallest absolute Gasteiger partial charge is 0.417 e. The van der Waals surface area contributed by atoms with Crippen LogP contribution in [0.25, 0.3) is 0 Å². The third-order valence-electron chi connectivity index (χ3n) is 4.99. The van der Waals surface area contributed by atoms with Crippen LogP contribution in [0, 0.1) is 0 Å². The Bertz CT molecular complexity index is 984. The van der Waals surface area contributed by atoms with Crippen molar-refractivity contribution in [2.75, 3.05) is 19.0 Å². The highest BCUT2D eigenvalue weighted by Crippen LogP contribution is 2.35. The van der Waals surface area contributed by atoms with E-state index in [0.29, 0.717) is 0 Å². The van der Waals surface area contributed by atoms with Crippen LogP contribution in [-0.2, 0) is 10.9 Å². The Morgan fingerprint density at radius 2 is 1.76 bits per heavy atom. The van der Waals surface area contributed by atoms with Crippen molar-refractivity contribution in [2.45, 2.75) is 36.9 Å². The number of anilines is 1. The summed E-state index contributed by atoms with van der Waals surface area (Å²) in [5.74, 6) is -0.975. The van der Waals surface area contributed by atoms with Gasteiger partial charge in [0.1, 0.15) is 24.4 Å². The molecule has 0 spiro atoms. The van der Waals surface area contributed by atoms with Gasteiger partial charge in [-0.2, -0.15) is 13.2 Å².